The Bertz CT molecular complexity index is 197. The molecule has 3 nitrogen and oxygen atoms in total. The minimum Gasteiger partial charge on any atom is -0.388 e. The van der Waals surface area contributed by atoms with Gasteiger partial charge in [0.2, 0.25) is 5.91 Å². The maximum Gasteiger partial charge on any atom is 0.220 e. The summed E-state index contributed by atoms with van der Waals surface area (Å²) in [6, 6.07) is 0. The minimum absolute atomic E-state index is 0.0865. The standard InChI is InChI=1S/C11H21NO2/c1-3-11(2,14)8-12-10(13)7-9-5-4-6-9/h9,14H,3-8H2,1-2H3,(H,12,13). The third-order valence-electron chi connectivity index (χ3n) is 3.13. The van der Waals surface area contributed by atoms with Gasteiger partial charge in [-0.15, -0.1) is 0 Å². The normalized spacial score (nSPS) is 21.1. The summed E-state index contributed by atoms with van der Waals surface area (Å²) >= 11 is 0. The molecular formula is C11H21NO2. The van der Waals surface area contributed by atoms with Crippen LogP contribution in [0.5, 0.6) is 0 Å². The van der Waals surface area contributed by atoms with Gasteiger partial charge in [-0.1, -0.05) is 13.3 Å². The van der Waals surface area contributed by atoms with Crippen LogP contribution in [-0.4, -0.2) is 23.2 Å². The van der Waals surface area contributed by atoms with Crippen molar-refractivity contribution in [3.05, 3.63) is 0 Å². The molecule has 82 valence electrons. The van der Waals surface area contributed by atoms with Gasteiger partial charge in [0.15, 0.2) is 0 Å². The summed E-state index contributed by atoms with van der Waals surface area (Å²) in [5.41, 5.74) is -0.755. The first-order valence-corrected chi connectivity index (χ1v) is 5.52. The summed E-state index contributed by atoms with van der Waals surface area (Å²) < 4.78 is 0. The van der Waals surface area contributed by atoms with E-state index in [-0.39, 0.29) is 5.91 Å². The van der Waals surface area contributed by atoms with E-state index in [1.54, 1.807) is 6.92 Å². The minimum atomic E-state index is -0.755. The highest BCUT2D eigenvalue weighted by Gasteiger charge is 2.22. The van der Waals surface area contributed by atoms with E-state index >= 15 is 0 Å². The molecule has 1 unspecified atom stereocenters. The molecule has 0 bridgehead atoms. The predicted octanol–water partition coefficient (Wildman–Crippen LogP) is 1.45. The first kappa shape index (κ1) is 11.5. The van der Waals surface area contributed by atoms with Crippen LogP contribution in [0.2, 0.25) is 0 Å². The molecule has 2 N–H and O–H groups in total. The zero-order valence-corrected chi connectivity index (χ0v) is 9.18. The monoisotopic (exact) mass is 199 g/mol. The fourth-order valence-corrected chi connectivity index (χ4v) is 1.45. The van der Waals surface area contributed by atoms with Crippen molar-refractivity contribution in [2.75, 3.05) is 6.54 Å². The number of nitrogens with one attached hydrogen (secondary N) is 1. The lowest BCUT2D eigenvalue weighted by molar-refractivity contribution is -0.123. The lowest BCUT2D eigenvalue weighted by Crippen LogP contribution is -2.40. The van der Waals surface area contributed by atoms with E-state index in [2.05, 4.69) is 5.32 Å². The number of aliphatic hydroxyl groups is 1. The average molecular weight is 199 g/mol. The molecule has 1 saturated carbocycles. The molecule has 0 saturated heterocycles. The van der Waals surface area contributed by atoms with Crippen molar-refractivity contribution >= 4 is 5.91 Å². The number of hydrogen-bond acceptors (Lipinski definition) is 2. The topological polar surface area (TPSA) is 49.3 Å². The van der Waals surface area contributed by atoms with E-state index in [0.717, 1.165) is 0 Å². The van der Waals surface area contributed by atoms with Crippen LogP contribution in [0, 0.1) is 5.92 Å². The Hall–Kier alpha value is -0.570. The van der Waals surface area contributed by atoms with Gasteiger partial charge in [0.1, 0.15) is 0 Å². The summed E-state index contributed by atoms with van der Waals surface area (Å²) in [5, 5.41) is 12.4. The van der Waals surface area contributed by atoms with Crippen molar-refractivity contribution < 1.29 is 9.90 Å². The van der Waals surface area contributed by atoms with E-state index in [1.807, 2.05) is 6.92 Å². The first-order chi connectivity index (χ1) is 6.53. The van der Waals surface area contributed by atoms with Crippen LogP contribution >= 0.6 is 0 Å². The van der Waals surface area contributed by atoms with E-state index in [1.165, 1.54) is 19.3 Å². The van der Waals surface area contributed by atoms with Gasteiger partial charge < -0.3 is 10.4 Å². The number of amides is 1. The van der Waals surface area contributed by atoms with Crippen molar-refractivity contribution in [1.82, 2.24) is 5.32 Å². The van der Waals surface area contributed by atoms with Crippen LogP contribution in [-0.2, 0) is 4.79 Å². The van der Waals surface area contributed by atoms with E-state index in [4.69, 9.17) is 0 Å². The van der Waals surface area contributed by atoms with Crippen molar-refractivity contribution in [3.63, 3.8) is 0 Å². The van der Waals surface area contributed by atoms with Gasteiger partial charge in [0.25, 0.3) is 0 Å². The second-order valence-corrected chi connectivity index (χ2v) is 4.63. The van der Waals surface area contributed by atoms with Crippen LogP contribution in [0.25, 0.3) is 0 Å². The Kier molecular flexibility index (Phi) is 3.93. The maximum absolute atomic E-state index is 11.4. The highest BCUT2D eigenvalue weighted by Crippen LogP contribution is 2.29. The molecule has 0 aromatic heterocycles. The molecule has 1 aliphatic carbocycles. The number of rotatable bonds is 5. The molecule has 0 heterocycles. The molecule has 1 rings (SSSR count). The fraction of sp³-hybridized carbons (Fsp3) is 0.909. The molecule has 0 spiro atoms. The summed E-state index contributed by atoms with van der Waals surface area (Å²) in [6.07, 6.45) is 4.95. The summed E-state index contributed by atoms with van der Waals surface area (Å²) in [6.45, 7) is 4.03. The SMILES string of the molecule is CCC(C)(O)CNC(=O)CC1CCC1. The molecule has 1 fully saturated rings. The lowest BCUT2D eigenvalue weighted by atomic mass is 9.83. The average Bonchev–Trinajstić information content (AvgIpc) is 2.08. The Morgan fingerprint density at radius 2 is 2.21 bits per heavy atom. The van der Waals surface area contributed by atoms with Crippen LogP contribution in [0.15, 0.2) is 0 Å². The zero-order valence-electron chi connectivity index (χ0n) is 9.18. The second-order valence-electron chi connectivity index (χ2n) is 4.63. The van der Waals surface area contributed by atoms with Crippen molar-refractivity contribution in [2.24, 2.45) is 5.92 Å². The lowest BCUT2D eigenvalue weighted by Gasteiger charge is -2.26. The predicted molar refractivity (Wildman–Crippen MR) is 55.9 cm³/mol. The zero-order chi connectivity index (χ0) is 10.6. The molecule has 3 heteroatoms. The number of carbonyl (C=O) groups excluding carboxylic acids is 1. The molecular weight excluding hydrogens is 178 g/mol. The summed E-state index contributed by atoms with van der Waals surface area (Å²) in [5.74, 6) is 0.685. The van der Waals surface area contributed by atoms with Crippen LogP contribution in [0.1, 0.15) is 46.0 Å². The van der Waals surface area contributed by atoms with Gasteiger partial charge in [-0.3, -0.25) is 4.79 Å². The van der Waals surface area contributed by atoms with Gasteiger partial charge >= 0.3 is 0 Å². The Balaban J connectivity index is 2.13. The van der Waals surface area contributed by atoms with Gasteiger partial charge in [0, 0.05) is 13.0 Å². The van der Waals surface area contributed by atoms with E-state index < -0.39 is 5.60 Å². The van der Waals surface area contributed by atoms with Crippen molar-refractivity contribution in [1.29, 1.82) is 0 Å². The Labute approximate surface area is 85.9 Å². The van der Waals surface area contributed by atoms with Gasteiger partial charge in [-0.05, 0) is 32.1 Å². The van der Waals surface area contributed by atoms with Crippen LogP contribution in [0.3, 0.4) is 0 Å². The van der Waals surface area contributed by atoms with Crippen molar-refractivity contribution in [2.45, 2.75) is 51.6 Å². The molecule has 0 aromatic carbocycles. The fourth-order valence-electron chi connectivity index (χ4n) is 1.45. The molecule has 0 radical (unpaired) electrons. The third-order valence-corrected chi connectivity index (χ3v) is 3.13. The van der Waals surface area contributed by atoms with E-state index in [0.29, 0.717) is 25.3 Å². The second kappa shape index (κ2) is 4.78. The molecule has 0 aromatic rings. The van der Waals surface area contributed by atoms with Crippen LogP contribution in [0.4, 0.5) is 0 Å². The molecule has 1 atom stereocenters. The molecule has 14 heavy (non-hydrogen) atoms. The summed E-state index contributed by atoms with van der Waals surface area (Å²) in [7, 11) is 0. The van der Waals surface area contributed by atoms with Gasteiger partial charge in [-0.2, -0.15) is 0 Å². The number of hydrogen-bond donors (Lipinski definition) is 2. The largest absolute Gasteiger partial charge is 0.388 e. The van der Waals surface area contributed by atoms with Crippen LogP contribution < -0.4 is 5.32 Å². The Morgan fingerprint density at radius 1 is 1.57 bits per heavy atom. The number of carbonyl (C=O) groups is 1. The molecule has 1 amide bonds. The molecule has 0 aliphatic heterocycles. The maximum atomic E-state index is 11.4. The smallest absolute Gasteiger partial charge is 0.220 e. The van der Waals surface area contributed by atoms with Crippen molar-refractivity contribution in [3.8, 4) is 0 Å². The highest BCUT2D eigenvalue weighted by molar-refractivity contribution is 5.76. The van der Waals surface area contributed by atoms with Gasteiger partial charge in [-0.25, -0.2) is 0 Å². The first-order valence-electron chi connectivity index (χ1n) is 5.52. The third kappa shape index (κ3) is 3.66. The summed E-state index contributed by atoms with van der Waals surface area (Å²) in [4.78, 5) is 11.4. The quantitative estimate of drug-likeness (QED) is 0.704. The van der Waals surface area contributed by atoms with Gasteiger partial charge in [0.05, 0.1) is 5.60 Å². The highest BCUT2D eigenvalue weighted by atomic mass is 16.3. The van der Waals surface area contributed by atoms with E-state index in [9.17, 15) is 9.90 Å². The molecule has 1 aliphatic rings. The Morgan fingerprint density at radius 3 is 2.64 bits per heavy atom.